The Morgan fingerprint density at radius 1 is 0.943 bits per heavy atom. The number of aliphatic hydroxyl groups is 5. The van der Waals surface area contributed by atoms with Crippen molar-refractivity contribution >= 4 is 5.97 Å². The maximum Gasteiger partial charge on any atom is 0.416 e. The van der Waals surface area contributed by atoms with Crippen molar-refractivity contribution in [1.29, 1.82) is 0 Å². The maximum absolute atomic E-state index is 14.5. The first-order valence-corrected chi connectivity index (χ1v) is 24.8. The van der Waals surface area contributed by atoms with E-state index < -0.39 is 120 Å². The first kappa shape index (κ1) is 58.0. The van der Waals surface area contributed by atoms with Crippen LogP contribution in [0.3, 0.4) is 0 Å². The van der Waals surface area contributed by atoms with Crippen LogP contribution in [0.25, 0.3) is 0 Å². The largest absolute Gasteiger partial charge is 0.459 e. The fourth-order valence-electron chi connectivity index (χ4n) is 10.8. The Hall–Kier alpha value is -2.86. The minimum Gasteiger partial charge on any atom is -0.459 e. The fourth-order valence-corrected chi connectivity index (χ4v) is 10.8. The Kier molecular flexibility index (Phi) is 19.5. The summed E-state index contributed by atoms with van der Waals surface area (Å²) in [7, 11) is 5.19. The molecule has 3 saturated heterocycles. The van der Waals surface area contributed by atoms with E-state index in [4.69, 9.17) is 28.4 Å². The number of carbonyl (C=O) groups excluding carboxylic acids is 1. The summed E-state index contributed by atoms with van der Waals surface area (Å²) in [5.74, 6) is -2.88. The van der Waals surface area contributed by atoms with Crippen LogP contribution in [0.1, 0.15) is 112 Å². The first-order valence-electron chi connectivity index (χ1n) is 24.8. The molecule has 4 heterocycles. The zero-order valence-corrected chi connectivity index (χ0v) is 43.4. The highest BCUT2D eigenvalue weighted by Crippen LogP contribution is 2.40. The van der Waals surface area contributed by atoms with Crippen molar-refractivity contribution in [3.8, 4) is 0 Å². The lowest BCUT2D eigenvalue weighted by Crippen LogP contribution is -2.61. The van der Waals surface area contributed by atoms with Crippen LogP contribution < -0.4 is 0 Å². The minimum atomic E-state index is -4.40. The second kappa shape index (κ2) is 23.6. The van der Waals surface area contributed by atoms with Crippen LogP contribution in [0.4, 0.5) is 13.2 Å². The van der Waals surface area contributed by atoms with E-state index in [1.165, 1.54) is 26.2 Å². The van der Waals surface area contributed by atoms with Gasteiger partial charge in [-0.1, -0.05) is 38.1 Å². The number of methoxy groups -OCH3 is 1. The Balaban J connectivity index is 1.41. The molecule has 0 bridgehead atoms. The molecule has 2 aromatic rings. The van der Waals surface area contributed by atoms with Crippen LogP contribution in [-0.4, -0.2) is 181 Å². The van der Waals surface area contributed by atoms with Gasteiger partial charge in [0.1, 0.15) is 30.0 Å². The lowest BCUT2D eigenvalue weighted by molar-refractivity contribution is -0.318. The van der Waals surface area contributed by atoms with Crippen LogP contribution in [0.5, 0.6) is 0 Å². The number of aryl methyl sites for hydroxylation is 2. The van der Waals surface area contributed by atoms with Gasteiger partial charge < -0.3 is 63.8 Å². The molecule has 1 aromatic carbocycles. The number of aromatic nitrogens is 3. The molecule has 1 aromatic heterocycles. The minimum absolute atomic E-state index is 0.0800. The number of rotatable bonds is 13. The van der Waals surface area contributed by atoms with E-state index in [0.717, 1.165) is 17.7 Å². The topological polar surface area (TPSA) is 211 Å². The third-order valence-electron chi connectivity index (χ3n) is 15.3. The zero-order valence-electron chi connectivity index (χ0n) is 43.4. The van der Waals surface area contributed by atoms with Crippen LogP contribution >= 0.6 is 0 Å². The third-order valence-corrected chi connectivity index (χ3v) is 15.3. The molecular formula is C50H82F3N5O12. The van der Waals surface area contributed by atoms with E-state index in [-0.39, 0.29) is 25.2 Å². The van der Waals surface area contributed by atoms with Crippen LogP contribution in [-0.2, 0) is 58.8 Å². The number of cyclic esters (lactones) is 1. The monoisotopic (exact) mass is 1000 g/mol. The van der Waals surface area contributed by atoms with Crippen LogP contribution in [0.2, 0.25) is 0 Å². The summed E-state index contributed by atoms with van der Waals surface area (Å²) in [5.41, 5.74) is -3.87. The highest BCUT2D eigenvalue weighted by atomic mass is 19.4. The number of hydrogen-bond donors (Lipinski definition) is 5. The van der Waals surface area contributed by atoms with Gasteiger partial charge in [-0.05, 0) is 112 Å². The number of alkyl halides is 3. The number of likely N-dealkylation sites (N-methyl/N-ethyl adjacent to an activating group) is 2. The van der Waals surface area contributed by atoms with E-state index >= 15 is 0 Å². The molecule has 3 fully saturated rings. The molecule has 20 heteroatoms. The van der Waals surface area contributed by atoms with Crippen LogP contribution in [0.15, 0.2) is 30.5 Å². The molecule has 17 nitrogen and oxygen atoms in total. The molecule has 70 heavy (non-hydrogen) atoms. The van der Waals surface area contributed by atoms with Gasteiger partial charge in [0.15, 0.2) is 12.6 Å². The zero-order chi connectivity index (χ0) is 52.3. The van der Waals surface area contributed by atoms with Gasteiger partial charge in [-0.25, -0.2) is 0 Å². The summed E-state index contributed by atoms with van der Waals surface area (Å²) in [6.07, 6.45) is -11.1. The van der Waals surface area contributed by atoms with Gasteiger partial charge in [0.05, 0.1) is 52.8 Å². The molecule has 3 aliphatic rings. The van der Waals surface area contributed by atoms with E-state index in [1.807, 2.05) is 37.7 Å². The molecule has 5 N–H and O–H groups in total. The molecule has 0 spiro atoms. The number of carbonyl (C=O) groups is 1. The smallest absolute Gasteiger partial charge is 0.416 e. The Bertz CT molecular complexity index is 1960. The number of hydrogen-bond acceptors (Lipinski definition) is 16. The summed E-state index contributed by atoms with van der Waals surface area (Å²) in [6.45, 7) is 18.6. The summed E-state index contributed by atoms with van der Waals surface area (Å²) in [6, 6.07) is 3.99. The Morgan fingerprint density at radius 3 is 2.21 bits per heavy atom. The van der Waals surface area contributed by atoms with Crippen molar-refractivity contribution in [3.05, 3.63) is 47.3 Å². The summed E-state index contributed by atoms with van der Waals surface area (Å²) in [5, 5.41) is 68.0. The quantitative estimate of drug-likeness (QED) is 0.177. The van der Waals surface area contributed by atoms with Crippen molar-refractivity contribution in [2.24, 2.45) is 17.8 Å². The highest BCUT2D eigenvalue weighted by Gasteiger charge is 2.53. The molecule has 0 saturated carbocycles. The highest BCUT2D eigenvalue weighted by molar-refractivity contribution is 5.73. The summed E-state index contributed by atoms with van der Waals surface area (Å²) < 4.78 is 78.9. The lowest BCUT2D eigenvalue weighted by atomic mass is 9.77. The van der Waals surface area contributed by atoms with Gasteiger partial charge in [-0.2, -0.15) is 13.2 Å². The second-order valence-electron chi connectivity index (χ2n) is 21.3. The van der Waals surface area contributed by atoms with E-state index in [1.54, 1.807) is 59.3 Å². The van der Waals surface area contributed by atoms with E-state index in [2.05, 4.69) is 10.3 Å². The number of aliphatic hydroxyl groups excluding tert-OH is 3. The molecule has 0 aliphatic carbocycles. The number of ether oxygens (including phenoxy) is 6. The molecule has 5 rings (SSSR count). The maximum atomic E-state index is 14.5. The Labute approximate surface area is 411 Å². The van der Waals surface area contributed by atoms with Gasteiger partial charge in [0, 0.05) is 63.8 Å². The fraction of sp³-hybridized carbons (Fsp3) is 0.820. The predicted octanol–water partition coefficient (Wildman–Crippen LogP) is 4.37. The normalized spacial score (nSPS) is 40.1. The van der Waals surface area contributed by atoms with Gasteiger partial charge in [0.25, 0.3) is 0 Å². The SMILES string of the molecule is CC[C@H]1OC(=O)[C@H](C)[C@@H](O[C@H]2C[C@@](C)(OC)[C@@H](O)[C@H](C)O2)[C@H](C)[C@@H](O[C@@H]2O[C@H](C)C[C@H](N(C)CCc3cn(CCc4ccc(C(F)(F)F)cc4)nn3)[C@H]2O)[C@](C)(O)C[C@@H](C)CN(C)[C@H](C)[C@@H](O)[C@]1(C)O. The van der Waals surface area contributed by atoms with Crippen molar-refractivity contribution in [2.75, 3.05) is 34.3 Å². The third kappa shape index (κ3) is 13.8. The van der Waals surface area contributed by atoms with E-state index in [9.17, 15) is 43.5 Å². The molecule has 400 valence electrons. The number of esters is 1. The van der Waals surface area contributed by atoms with E-state index in [0.29, 0.717) is 44.6 Å². The standard InChI is InChI=1S/C50H82F3N5O12/c1-14-38-49(10,64)42(60)32(6)57(12)26-28(2)24-47(8,63)44(30(4)41(31(5)45(62)68-38)69-39-25-48(9,65-13)43(61)33(7)67-39)70-46-40(59)37(23-29(3)66-46)56(11)21-20-36-27-58(55-54-36)22-19-34-15-17-35(18-16-34)50(51,52)53/h15-18,27-33,37-44,46,59-61,63-64H,14,19-26H2,1-13H3/t28-,29-,30+,31-,32-,33+,37+,38-,39+,40-,41+,42-,43+,44-,46+,47-,48-,49-/m1/s1. The molecule has 0 unspecified atom stereocenters. The van der Waals surface area contributed by atoms with Crippen molar-refractivity contribution < 1.29 is 71.9 Å². The van der Waals surface area contributed by atoms with Crippen molar-refractivity contribution in [3.63, 3.8) is 0 Å². The van der Waals surface area contributed by atoms with Crippen LogP contribution in [0, 0.1) is 17.8 Å². The van der Waals surface area contributed by atoms with Crippen molar-refractivity contribution in [1.82, 2.24) is 24.8 Å². The Morgan fingerprint density at radius 2 is 1.60 bits per heavy atom. The van der Waals surface area contributed by atoms with Gasteiger partial charge >= 0.3 is 12.1 Å². The molecule has 3 aliphatic heterocycles. The summed E-state index contributed by atoms with van der Waals surface area (Å²) in [4.78, 5) is 18.3. The number of halogens is 3. The molecule has 0 radical (unpaired) electrons. The summed E-state index contributed by atoms with van der Waals surface area (Å²) >= 11 is 0. The molecule has 0 amide bonds. The predicted molar refractivity (Wildman–Crippen MR) is 252 cm³/mol. The number of benzene rings is 1. The molecule has 18 atom stereocenters. The second-order valence-corrected chi connectivity index (χ2v) is 21.3. The average molecular weight is 1000 g/mol. The van der Waals surface area contributed by atoms with Gasteiger partial charge in [-0.15, -0.1) is 5.10 Å². The lowest BCUT2D eigenvalue weighted by Gasteiger charge is -2.49. The average Bonchev–Trinajstić information content (AvgIpc) is 3.76. The van der Waals surface area contributed by atoms with Gasteiger partial charge in [-0.3, -0.25) is 9.48 Å². The number of nitrogens with zero attached hydrogens (tertiary/aromatic N) is 5. The molecular weight excluding hydrogens is 920 g/mol. The van der Waals surface area contributed by atoms with Gasteiger partial charge in [0.2, 0.25) is 0 Å². The first-order chi connectivity index (χ1) is 32.5. The van der Waals surface area contributed by atoms with Crippen molar-refractivity contribution in [2.45, 2.75) is 211 Å².